The first-order valence-electron chi connectivity index (χ1n) is 12.6. The molecular weight excluding hydrogens is 476 g/mol. The van der Waals surface area contributed by atoms with Crippen LogP contribution in [-0.4, -0.2) is 54.1 Å². The van der Waals surface area contributed by atoms with Crippen molar-refractivity contribution in [3.8, 4) is 0 Å². The number of amides is 2. The van der Waals surface area contributed by atoms with E-state index in [1.165, 1.54) is 11.3 Å². The maximum absolute atomic E-state index is 13.3. The third-order valence-electron chi connectivity index (χ3n) is 6.99. The van der Waals surface area contributed by atoms with Crippen molar-refractivity contribution in [1.82, 2.24) is 20.6 Å². The molecule has 1 aliphatic carbocycles. The predicted molar refractivity (Wildman–Crippen MR) is 142 cm³/mol. The Bertz CT molecular complexity index is 1220. The second-order valence-electron chi connectivity index (χ2n) is 9.43. The number of ether oxygens (including phenoxy) is 1. The van der Waals surface area contributed by atoms with Gasteiger partial charge in [-0.15, -0.1) is 11.3 Å². The fraction of sp³-hybridized carbons (Fsp3) is 0.462. The molecule has 2 aliphatic rings. The quantitative estimate of drug-likeness (QED) is 0.380. The zero-order valence-corrected chi connectivity index (χ0v) is 21.2. The normalized spacial score (nSPS) is 20.6. The molecule has 10 heteroatoms. The lowest BCUT2D eigenvalue weighted by Gasteiger charge is -2.29. The van der Waals surface area contributed by atoms with Crippen LogP contribution in [0.3, 0.4) is 0 Å². The SMILES string of the molecule is CNC(=O)[C@H]1CC[C@H](NC(=O)c2ccc(Nc3ccc4ncsc4n3)cc2NC2CCOCC2)CC1. The summed E-state index contributed by atoms with van der Waals surface area (Å²) < 4.78 is 5.51. The topological polar surface area (TPSA) is 117 Å². The van der Waals surface area contributed by atoms with Crippen molar-refractivity contribution >= 4 is 50.7 Å². The van der Waals surface area contributed by atoms with Gasteiger partial charge in [0.05, 0.1) is 11.1 Å². The number of rotatable bonds is 7. The predicted octanol–water partition coefficient (Wildman–Crippen LogP) is 4.06. The Morgan fingerprint density at radius 3 is 2.58 bits per heavy atom. The first-order chi connectivity index (χ1) is 17.6. The first kappa shape index (κ1) is 24.5. The van der Waals surface area contributed by atoms with Crippen molar-refractivity contribution in [2.45, 2.75) is 50.6 Å². The molecule has 1 aliphatic heterocycles. The summed E-state index contributed by atoms with van der Waals surface area (Å²) in [4.78, 5) is 35.1. The fourth-order valence-electron chi connectivity index (χ4n) is 4.94. The standard InChI is InChI=1S/C26H32N6O3S/c1-27-24(33)16-2-4-17(5-3-16)31-25(34)20-7-6-19(14-22(20)29-18-10-12-35-13-11-18)30-23-9-8-21-26(32-23)36-15-28-21/h6-9,14-18,29H,2-5,10-13H2,1H3,(H,27,33)(H,30,32)(H,31,34)/t16-,17-. The molecule has 0 spiro atoms. The summed E-state index contributed by atoms with van der Waals surface area (Å²) in [6.07, 6.45) is 4.98. The number of hydrogen-bond donors (Lipinski definition) is 4. The number of aromatic nitrogens is 2. The number of anilines is 3. The van der Waals surface area contributed by atoms with E-state index in [1.54, 1.807) is 12.6 Å². The van der Waals surface area contributed by atoms with Gasteiger partial charge >= 0.3 is 0 Å². The van der Waals surface area contributed by atoms with E-state index in [0.29, 0.717) is 18.8 Å². The van der Waals surface area contributed by atoms with E-state index in [2.05, 4.69) is 31.2 Å². The number of thiazole rings is 1. The molecule has 3 aromatic rings. The van der Waals surface area contributed by atoms with E-state index in [-0.39, 0.29) is 29.8 Å². The van der Waals surface area contributed by atoms with E-state index >= 15 is 0 Å². The van der Waals surface area contributed by atoms with E-state index < -0.39 is 0 Å². The molecule has 1 saturated heterocycles. The number of pyridine rings is 1. The summed E-state index contributed by atoms with van der Waals surface area (Å²) in [7, 11) is 1.68. The molecule has 5 rings (SSSR count). The molecule has 1 saturated carbocycles. The zero-order chi connectivity index (χ0) is 24.9. The van der Waals surface area contributed by atoms with Crippen LogP contribution in [0.2, 0.25) is 0 Å². The minimum absolute atomic E-state index is 0.0389. The average molecular weight is 509 g/mol. The van der Waals surface area contributed by atoms with Gasteiger partial charge in [0.15, 0.2) is 0 Å². The Kier molecular flexibility index (Phi) is 7.62. The molecule has 0 bridgehead atoms. The second kappa shape index (κ2) is 11.2. The molecule has 2 amide bonds. The van der Waals surface area contributed by atoms with Crippen LogP contribution in [0.1, 0.15) is 48.9 Å². The lowest BCUT2D eigenvalue weighted by Crippen LogP contribution is -2.40. The van der Waals surface area contributed by atoms with Crippen LogP contribution in [-0.2, 0) is 9.53 Å². The highest BCUT2D eigenvalue weighted by Gasteiger charge is 2.27. The molecule has 2 fully saturated rings. The van der Waals surface area contributed by atoms with Gasteiger partial charge in [-0.25, -0.2) is 9.97 Å². The molecule has 1 aromatic carbocycles. The van der Waals surface area contributed by atoms with Gasteiger partial charge in [0.1, 0.15) is 16.2 Å². The number of nitrogens with zero attached hydrogens (tertiary/aromatic N) is 2. The van der Waals surface area contributed by atoms with E-state index in [4.69, 9.17) is 4.74 Å². The van der Waals surface area contributed by atoms with E-state index in [1.807, 2.05) is 30.3 Å². The summed E-state index contributed by atoms with van der Waals surface area (Å²) in [5, 5.41) is 12.9. The van der Waals surface area contributed by atoms with Crippen molar-refractivity contribution in [3.05, 3.63) is 41.4 Å². The Balaban J connectivity index is 1.31. The van der Waals surface area contributed by atoms with Gasteiger partial charge < -0.3 is 26.0 Å². The summed E-state index contributed by atoms with van der Waals surface area (Å²) >= 11 is 1.50. The molecule has 9 nitrogen and oxygen atoms in total. The third kappa shape index (κ3) is 5.76. The van der Waals surface area contributed by atoms with Crippen molar-refractivity contribution in [1.29, 1.82) is 0 Å². The summed E-state index contributed by atoms with van der Waals surface area (Å²) in [5.74, 6) is 0.768. The van der Waals surface area contributed by atoms with Gasteiger partial charge in [-0.05, 0) is 68.9 Å². The minimum Gasteiger partial charge on any atom is -0.381 e. The third-order valence-corrected chi connectivity index (χ3v) is 7.73. The van der Waals surface area contributed by atoms with E-state index in [9.17, 15) is 9.59 Å². The number of carbonyl (C=O) groups excluding carboxylic acids is 2. The Hall–Kier alpha value is -3.24. The molecular formula is C26H32N6O3S. The van der Waals surface area contributed by atoms with Crippen LogP contribution < -0.4 is 21.3 Å². The highest BCUT2D eigenvalue weighted by atomic mass is 32.1. The highest BCUT2D eigenvalue weighted by molar-refractivity contribution is 7.16. The van der Waals surface area contributed by atoms with Gasteiger partial charge in [0.25, 0.3) is 5.91 Å². The largest absolute Gasteiger partial charge is 0.381 e. The van der Waals surface area contributed by atoms with Crippen molar-refractivity contribution in [3.63, 3.8) is 0 Å². The molecule has 0 radical (unpaired) electrons. The molecule has 2 aromatic heterocycles. The summed E-state index contributed by atoms with van der Waals surface area (Å²) in [6, 6.07) is 9.92. The zero-order valence-electron chi connectivity index (χ0n) is 20.4. The molecule has 3 heterocycles. The maximum atomic E-state index is 13.3. The van der Waals surface area contributed by atoms with E-state index in [0.717, 1.165) is 66.1 Å². The number of hydrogen-bond acceptors (Lipinski definition) is 8. The fourth-order valence-corrected chi connectivity index (χ4v) is 5.60. The van der Waals surface area contributed by atoms with Gasteiger partial charge in [0.2, 0.25) is 5.91 Å². The molecule has 36 heavy (non-hydrogen) atoms. The number of nitrogens with one attached hydrogen (secondary N) is 4. The maximum Gasteiger partial charge on any atom is 0.253 e. The number of benzene rings is 1. The summed E-state index contributed by atoms with van der Waals surface area (Å²) in [6.45, 7) is 1.43. The van der Waals surface area contributed by atoms with Crippen molar-refractivity contribution in [2.24, 2.45) is 5.92 Å². The Morgan fingerprint density at radius 2 is 1.81 bits per heavy atom. The lowest BCUT2D eigenvalue weighted by molar-refractivity contribution is -0.125. The molecule has 0 unspecified atom stereocenters. The van der Waals surface area contributed by atoms with Crippen LogP contribution >= 0.6 is 11.3 Å². The van der Waals surface area contributed by atoms with Crippen LogP contribution in [0.25, 0.3) is 10.3 Å². The van der Waals surface area contributed by atoms with Gasteiger partial charge in [0, 0.05) is 49.6 Å². The smallest absolute Gasteiger partial charge is 0.253 e. The monoisotopic (exact) mass is 508 g/mol. The van der Waals surface area contributed by atoms with Crippen molar-refractivity contribution in [2.75, 3.05) is 30.9 Å². The summed E-state index contributed by atoms with van der Waals surface area (Å²) in [5.41, 5.74) is 4.93. The Labute approximate surface area is 214 Å². The lowest BCUT2D eigenvalue weighted by atomic mass is 9.85. The Morgan fingerprint density at radius 1 is 1.00 bits per heavy atom. The highest BCUT2D eigenvalue weighted by Crippen LogP contribution is 2.29. The van der Waals surface area contributed by atoms with Crippen LogP contribution in [0.5, 0.6) is 0 Å². The molecule has 0 atom stereocenters. The second-order valence-corrected chi connectivity index (χ2v) is 10.3. The van der Waals surface area contributed by atoms with Gasteiger partial charge in [-0.2, -0.15) is 0 Å². The van der Waals surface area contributed by atoms with Crippen molar-refractivity contribution < 1.29 is 14.3 Å². The van der Waals surface area contributed by atoms with Gasteiger partial charge in [-0.1, -0.05) is 0 Å². The number of carbonyl (C=O) groups is 2. The van der Waals surface area contributed by atoms with Crippen LogP contribution in [0.15, 0.2) is 35.8 Å². The minimum atomic E-state index is -0.0938. The molecule has 190 valence electrons. The molecule has 4 N–H and O–H groups in total. The van der Waals surface area contributed by atoms with Crippen LogP contribution in [0, 0.1) is 5.92 Å². The first-order valence-corrected chi connectivity index (χ1v) is 13.4. The van der Waals surface area contributed by atoms with Gasteiger partial charge in [-0.3, -0.25) is 9.59 Å². The average Bonchev–Trinajstić information content (AvgIpc) is 3.37. The number of fused-ring (bicyclic) bond motifs is 1. The van der Waals surface area contributed by atoms with Crippen LogP contribution in [0.4, 0.5) is 17.2 Å².